The Labute approximate surface area is 215 Å². The number of carbonyl (C=O) groups is 3. The lowest BCUT2D eigenvalue weighted by Gasteiger charge is -2.40. The average Bonchev–Trinajstić information content (AvgIpc) is 2.93. The number of para-hydroxylation sites is 1. The van der Waals surface area contributed by atoms with E-state index in [4.69, 9.17) is 20.0 Å². The third-order valence-corrected chi connectivity index (χ3v) is 7.41. The number of anilines is 1. The highest BCUT2D eigenvalue weighted by molar-refractivity contribution is 5.97. The van der Waals surface area contributed by atoms with Gasteiger partial charge in [0.25, 0.3) is 5.91 Å². The molecule has 3 aliphatic heterocycles. The molecule has 5 rings (SSSR count). The fourth-order valence-corrected chi connectivity index (χ4v) is 5.30. The lowest BCUT2D eigenvalue weighted by atomic mass is 9.97. The van der Waals surface area contributed by atoms with E-state index < -0.39 is 0 Å². The van der Waals surface area contributed by atoms with E-state index in [1.165, 1.54) is 7.11 Å². The number of hydrogen-bond acceptors (Lipinski definition) is 7. The Morgan fingerprint density at radius 1 is 1.00 bits per heavy atom. The fourth-order valence-electron chi connectivity index (χ4n) is 5.30. The molecule has 2 N–H and O–H groups in total. The van der Waals surface area contributed by atoms with Crippen molar-refractivity contribution in [1.82, 2.24) is 9.96 Å². The van der Waals surface area contributed by atoms with Gasteiger partial charge in [0.15, 0.2) is 5.75 Å². The molecule has 3 heterocycles. The Morgan fingerprint density at radius 2 is 1.73 bits per heavy atom. The van der Waals surface area contributed by atoms with Gasteiger partial charge in [-0.1, -0.05) is 18.2 Å². The summed E-state index contributed by atoms with van der Waals surface area (Å²) in [6.07, 6.45) is 2.28. The van der Waals surface area contributed by atoms with Crippen LogP contribution in [-0.2, 0) is 16.1 Å². The normalized spacial score (nSPS) is 19.2. The Bertz CT molecular complexity index is 1170. The molecule has 10 heteroatoms. The van der Waals surface area contributed by atoms with Crippen molar-refractivity contribution >= 4 is 23.6 Å². The third-order valence-electron chi connectivity index (χ3n) is 7.41. The number of carbonyl (C=O) groups excluding carboxylic acids is 3. The molecule has 0 spiro atoms. The number of hydrogen-bond donors (Lipinski definition) is 1. The summed E-state index contributed by atoms with van der Waals surface area (Å²) in [4.78, 5) is 46.8. The number of cyclic esters (lactones) is 1. The second-order valence-electron chi connectivity index (χ2n) is 9.64. The SMILES string of the molecule is COc1cc(ON2CCC(C(N)=O)CC2)ccc1C(=O)N1CCC(N2C(=O)OCc3ccccc32)CC1. The van der Waals surface area contributed by atoms with Crippen LogP contribution in [0.15, 0.2) is 42.5 Å². The highest BCUT2D eigenvalue weighted by atomic mass is 16.7. The molecular formula is C27H32N4O6. The number of benzene rings is 2. The summed E-state index contributed by atoms with van der Waals surface area (Å²) in [6, 6.07) is 12.9. The zero-order valence-corrected chi connectivity index (χ0v) is 20.9. The first-order valence-electron chi connectivity index (χ1n) is 12.7. The van der Waals surface area contributed by atoms with Crippen LogP contribution in [-0.4, -0.2) is 67.2 Å². The van der Waals surface area contributed by atoms with Crippen LogP contribution in [0.1, 0.15) is 41.6 Å². The highest BCUT2D eigenvalue weighted by Crippen LogP contribution is 2.33. The van der Waals surface area contributed by atoms with Gasteiger partial charge < -0.3 is 24.9 Å². The number of nitrogens with two attached hydrogens (primary N) is 1. The van der Waals surface area contributed by atoms with E-state index >= 15 is 0 Å². The van der Waals surface area contributed by atoms with Crippen molar-refractivity contribution in [3.63, 3.8) is 0 Å². The molecular weight excluding hydrogens is 476 g/mol. The number of ether oxygens (including phenoxy) is 2. The molecule has 0 bridgehead atoms. The largest absolute Gasteiger partial charge is 0.496 e. The minimum Gasteiger partial charge on any atom is -0.496 e. The van der Waals surface area contributed by atoms with Crippen LogP contribution in [0.4, 0.5) is 10.5 Å². The van der Waals surface area contributed by atoms with E-state index in [1.54, 1.807) is 33.1 Å². The van der Waals surface area contributed by atoms with E-state index in [0.29, 0.717) is 68.9 Å². The number of likely N-dealkylation sites (tertiary alicyclic amines) is 1. The van der Waals surface area contributed by atoms with E-state index in [-0.39, 0.29) is 36.5 Å². The van der Waals surface area contributed by atoms with Crippen LogP contribution >= 0.6 is 0 Å². The van der Waals surface area contributed by atoms with E-state index in [9.17, 15) is 14.4 Å². The summed E-state index contributed by atoms with van der Waals surface area (Å²) in [6.45, 7) is 2.52. The van der Waals surface area contributed by atoms with Gasteiger partial charge in [0, 0.05) is 49.8 Å². The number of amides is 3. The summed E-state index contributed by atoms with van der Waals surface area (Å²) in [5.41, 5.74) is 7.75. The van der Waals surface area contributed by atoms with Crippen LogP contribution in [0.3, 0.4) is 0 Å². The standard InChI is InChI=1S/C27H32N4O6/c1-35-24-16-21(37-30-14-8-18(9-15-30)25(28)32)6-7-22(24)26(33)29-12-10-20(11-13-29)31-23-5-3-2-4-19(23)17-36-27(31)34/h2-7,16,18,20H,8-15,17H2,1H3,(H2,28,32). The molecule has 0 radical (unpaired) electrons. The first kappa shape index (κ1) is 24.9. The van der Waals surface area contributed by atoms with Crippen LogP contribution in [0.5, 0.6) is 11.5 Å². The zero-order chi connectivity index (χ0) is 25.9. The van der Waals surface area contributed by atoms with Crippen LogP contribution in [0, 0.1) is 5.92 Å². The number of piperidine rings is 2. The van der Waals surface area contributed by atoms with E-state index in [2.05, 4.69) is 0 Å². The smallest absolute Gasteiger partial charge is 0.414 e. The lowest BCUT2D eigenvalue weighted by molar-refractivity contribution is -0.128. The van der Waals surface area contributed by atoms with Crippen molar-refractivity contribution in [2.24, 2.45) is 11.7 Å². The second-order valence-corrected chi connectivity index (χ2v) is 9.64. The van der Waals surface area contributed by atoms with Gasteiger partial charge in [-0.25, -0.2) is 4.79 Å². The molecule has 0 unspecified atom stereocenters. The minimum atomic E-state index is -0.334. The quantitative estimate of drug-likeness (QED) is 0.638. The van der Waals surface area contributed by atoms with Gasteiger partial charge in [-0.15, -0.1) is 5.06 Å². The van der Waals surface area contributed by atoms with Crippen molar-refractivity contribution < 1.29 is 28.7 Å². The van der Waals surface area contributed by atoms with Crippen molar-refractivity contribution in [3.05, 3.63) is 53.6 Å². The van der Waals surface area contributed by atoms with Crippen LogP contribution in [0.25, 0.3) is 0 Å². The molecule has 0 saturated carbocycles. The Kier molecular flexibility index (Phi) is 7.18. The van der Waals surface area contributed by atoms with E-state index in [0.717, 1.165) is 11.3 Å². The number of hydroxylamine groups is 2. The number of rotatable bonds is 6. The topological polar surface area (TPSA) is 115 Å². The predicted molar refractivity (Wildman–Crippen MR) is 135 cm³/mol. The molecule has 2 aromatic carbocycles. The fraction of sp³-hybridized carbons (Fsp3) is 0.444. The van der Waals surface area contributed by atoms with Crippen molar-refractivity contribution in [3.8, 4) is 11.5 Å². The molecule has 3 amide bonds. The Hall–Kier alpha value is -3.79. The highest BCUT2D eigenvalue weighted by Gasteiger charge is 2.35. The monoisotopic (exact) mass is 508 g/mol. The number of nitrogens with zero attached hydrogens (tertiary/aromatic N) is 3. The number of methoxy groups -OCH3 is 1. The van der Waals surface area contributed by atoms with Crippen molar-refractivity contribution in [2.75, 3.05) is 38.2 Å². The molecule has 0 aliphatic carbocycles. The van der Waals surface area contributed by atoms with E-state index in [1.807, 2.05) is 24.3 Å². The van der Waals surface area contributed by atoms with Crippen LogP contribution < -0.4 is 20.2 Å². The first-order valence-corrected chi connectivity index (χ1v) is 12.7. The molecule has 0 atom stereocenters. The summed E-state index contributed by atoms with van der Waals surface area (Å²) < 4.78 is 10.9. The zero-order valence-electron chi connectivity index (χ0n) is 20.9. The molecule has 2 saturated heterocycles. The van der Waals surface area contributed by atoms with Gasteiger partial charge in [-0.05, 0) is 43.9 Å². The average molecular weight is 509 g/mol. The van der Waals surface area contributed by atoms with Gasteiger partial charge in [0.2, 0.25) is 5.91 Å². The summed E-state index contributed by atoms with van der Waals surface area (Å²) >= 11 is 0. The molecule has 0 aromatic heterocycles. The van der Waals surface area contributed by atoms with Gasteiger partial charge in [0.05, 0.1) is 18.4 Å². The summed E-state index contributed by atoms with van der Waals surface area (Å²) in [5.74, 6) is 0.491. The van der Waals surface area contributed by atoms with Gasteiger partial charge in [0.1, 0.15) is 12.4 Å². The summed E-state index contributed by atoms with van der Waals surface area (Å²) in [5, 5.41) is 1.80. The predicted octanol–water partition coefficient (Wildman–Crippen LogP) is 2.95. The Balaban J connectivity index is 1.21. The number of fused-ring (bicyclic) bond motifs is 1. The third kappa shape index (κ3) is 5.20. The molecule has 196 valence electrons. The van der Waals surface area contributed by atoms with Crippen LogP contribution in [0.2, 0.25) is 0 Å². The maximum atomic E-state index is 13.4. The molecule has 10 nitrogen and oxygen atoms in total. The van der Waals surface area contributed by atoms with Gasteiger partial charge in [-0.2, -0.15) is 0 Å². The first-order chi connectivity index (χ1) is 17.9. The van der Waals surface area contributed by atoms with Crippen molar-refractivity contribution in [2.45, 2.75) is 38.3 Å². The molecule has 2 fully saturated rings. The molecule has 37 heavy (non-hydrogen) atoms. The summed E-state index contributed by atoms with van der Waals surface area (Å²) in [7, 11) is 1.53. The maximum Gasteiger partial charge on any atom is 0.414 e. The van der Waals surface area contributed by atoms with Gasteiger partial charge >= 0.3 is 6.09 Å². The Morgan fingerprint density at radius 3 is 2.43 bits per heavy atom. The second kappa shape index (κ2) is 10.7. The van der Waals surface area contributed by atoms with Crippen molar-refractivity contribution in [1.29, 1.82) is 0 Å². The minimum absolute atomic E-state index is 0.0330. The molecule has 3 aliphatic rings. The van der Waals surface area contributed by atoms with Gasteiger partial charge in [-0.3, -0.25) is 14.5 Å². The molecule has 2 aromatic rings. The maximum absolute atomic E-state index is 13.4. The lowest BCUT2D eigenvalue weighted by Crippen LogP contribution is -2.50. The number of primary amides is 1.